The Labute approximate surface area is 194 Å². The summed E-state index contributed by atoms with van der Waals surface area (Å²) >= 11 is 0. The van der Waals surface area contributed by atoms with Crippen molar-refractivity contribution in [3.05, 3.63) is 11.6 Å². The lowest BCUT2D eigenvalue weighted by Crippen LogP contribution is -2.57. The van der Waals surface area contributed by atoms with Gasteiger partial charge in [-0.15, -0.1) is 0 Å². The lowest BCUT2D eigenvalue weighted by atomic mass is 9.46. The number of oxime groups is 1. The number of allylic oxidation sites excluding steroid dienone is 2. The molecule has 6 atom stereocenters. The summed E-state index contributed by atoms with van der Waals surface area (Å²) in [6, 6.07) is 0. The van der Waals surface area contributed by atoms with E-state index < -0.39 is 24.0 Å². The van der Waals surface area contributed by atoms with E-state index in [9.17, 15) is 19.5 Å². The van der Waals surface area contributed by atoms with Gasteiger partial charge in [-0.1, -0.05) is 24.6 Å². The second kappa shape index (κ2) is 8.53. The molecule has 4 rings (SSSR count). The van der Waals surface area contributed by atoms with Crippen LogP contribution in [-0.4, -0.2) is 52.3 Å². The van der Waals surface area contributed by atoms with Crippen LogP contribution in [0.2, 0.25) is 0 Å². The number of hydrogen-bond acceptors (Lipinski definition) is 6. The molecule has 3 N–H and O–H groups in total. The van der Waals surface area contributed by atoms with Crippen LogP contribution >= 0.6 is 0 Å². The van der Waals surface area contributed by atoms with Crippen molar-refractivity contribution in [1.29, 1.82) is 0 Å². The van der Waals surface area contributed by atoms with E-state index in [1.807, 2.05) is 0 Å². The number of carboxylic acids is 1. The van der Waals surface area contributed by atoms with Gasteiger partial charge in [-0.25, -0.2) is 0 Å². The predicted octanol–water partition coefficient (Wildman–Crippen LogP) is 2.84. The van der Waals surface area contributed by atoms with E-state index in [0.29, 0.717) is 24.2 Å². The Morgan fingerprint density at radius 2 is 1.85 bits per heavy atom. The van der Waals surface area contributed by atoms with Crippen LogP contribution in [-0.2, 0) is 19.2 Å². The van der Waals surface area contributed by atoms with Gasteiger partial charge in [0.2, 0.25) is 0 Å². The molecule has 0 saturated heterocycles. The Morgan fingerprint density at radius 3 is 2.55 bits per heavy atom. The molecule has 33 heavy (non-hydrogen) atoms. The van der Waals surface area contributed by atoms with Crippen LogP contribution in [0.5, 0.6) is 0 Å². The summed E-state index contributed by atoms with van der Waals surface area (Å²) in [4.78, 5) is 39.7. The van der Waals surface area contributed by atoms with Gasteiger partial charge in [0.15, 0.2) is 12.4 Å². The molecule has 6 unspecified atom stereocenters. The number of amides is 1. The van der Waals surface area contributed by atoms with Crippen LogP contribution in [0.1, 0.15) is 72.1 Å². The van der Waals surface area contributed by atoms with E-state index in [2.05, 4.69) is 30.4 Å². The van der Waals surface area contributed by atoms with Gasteiger partial charge in [0.1, 0.15) is 12.1 Å². The lowest BCUT2D eigenvalue weighted by Gasteiger charge is -2.59. The summed E-state index contributed by atoms with van der Waals surface area (Å²) in [6.45, 7) is 5.31. The van der Waals surface area contributed by atoms with Gasteiger partial charge in [-0.05, 0) is 87.5 Å². The number of fused-ring (bicyclic) bond motifs is 5. The predicted molar refractivity (Wildman–Crippen MR) is 121 cm³/mol. The number of carbonyl (C=O) groups excluding carboxylic acids is 2. The first-order valence-corrected chi connectivity index (χ1v) is 12.1. The van der Waals surface area contributed by atoms with Crippen molar-refractivity contribution < 1.29 is 29.4 Å². The second-order valence-corrected chi connectivity index (χ2v) is 10.9. The fourth-order valence-corrected chi connectivity index (χ4v) is 7.64. The number of ketones is 1. The van der Waals surface area contributed by atoms with Crippen LogP contribution in [0.15, 0.2) is 16.8 Å². The topological polar surface area (TPSA) is 125 Å². The molecule has 0 aromatic rings. The molecule has 182 valence electrons. The van der Waals surface area contributed by atoms with Crippen molar-refractivity contribution in [3.8, 4) is 0 Å². The number of rotatable bonds is 6. The molecule has 4 aliphatic carbocycles. The average Bonchev–Trinajstić information content (AvgIpc) is 3.04. The smallest absolute Gasteiger partial charge is 0.322 e. The highest BCUT2D eigenvalue weighted by molar-refractivity contribution is 5.96. The molecule has 0 bridgehead atoms. The summed E-state index contributed by atoms with van der Waals surface area (Å²) in [6.07, 6.45) is 9.30. The molecule has 8 heteroatoms. The number of hydrogen-bond donors (Lipinski definition) is 3. The zero-order valence-electron chi connectivity index (χ0n) is 19.9. The molecule has 0 aliphatic heterocycles. The molecule has 3 saturated carbocycles. The van der Waals surface area contributed by atoms with Crippen LogP contribution < -0.4 is 5.32 Å². The van der Waals surface area contributed by atoms with Crippen molar-refractivity contribution in [3.63, 3.8) is 0 Å². The van der Waals surface area contributed by atoms with Crippen molar-refractivity contribution in [2.45, 2.75) is 77.7 Å². The summed E-state index contributed by atoms with van der Waals surface area (Å²) in [7, 11) is 0. The quantitative estimate of drug-likeness (QED) is 0.524. The van der Waals surface area contributed by atoms with Crippen LogP contribution in [0.3, 0.4) is 0 Å². The Morgan fingerprint density at radius 1 is 1.12 bits per heavy atom. The maximum atomic E-state index is 12.4. The first-order chi connectivity index (χ1) is 15.5. The molecule has 0 radical (unpaired) electrons. The van der Waals surface area contributed by atoms with Gasteiger partial charge in [-0.3, -0.25) is 14.4 Å². The van der Waals surface area contributed by atoms with Crippen molar-refractivity contribution in [2.75, 3.05) is 13.2 Å². The second-order valence-electron chi connectivity index (χ2n) is 10.9. The monoisotopic (exact) mass is 460 g/mol. The third-order valence-electron chi connectivity index (χ3n) is 9.53. The minimum atomic E-state index is -1.18. The van der Waals surface area contributed by atoms with Gasteiger partial charge in [0.05, 0.1) is 5.71 Å². The fourth-order valence-electron chi connectivity index (χ4n) is 7.64. The van der Waals surface area contributed by atoms with Gasteiger partial charge in [-0.2, -0.15) is 0 Å². The van der Waals surface area contributed by atoms with Crippen LogP contribution in [0.25, 0.3) is 0 Å². The zero-order chi connectivity index (χ0) is 24.0. The van der Waals surface area contributed by atoms with Crippen molar-refractivity contribution >= 4 is 23.4 Å². The summed E-state index contributed by atoms with van der Waals surface area (Å²) in [5.74, 6) is -0.257. The highest BCUT2D eigenvalue weighted by atomic mass is 16.6. The average molecular weight is 461 g/mol. The standard InChI is InChI=1S/C25H36N2O6/c1-15(28)25(32)11-8-20-18-5-4-16-12-17(27-33-14-21(29)26-13-22(30)31)6-9-23(16,2)19(18)7-10-24(20,25)3/h12,18-20,32H,4-11,13-14H2,1-3H3,(H,26,29)(H,30,31)/b27-17+. The number of carboxylic acid groups (broad SMARTS) is 1. The molecular weight excluding hydrogens is 424 g/mol. The van der Waals surface area contributed by atoms with Crippen molar-refractivity contribution in [2.24, 2.45) is 33.7 Å². The van der Waals surface area contributed by atoms with Crippen LogP contribution in [0.4, 0.5) is 0 Å². The van der Waals surface area contributed by atoms with Gasteiger partial charge >= 0.3 is 5.97 Å². The van der Waals surface area contributed by atoms with Crippen LogP contribution in [0, 0.1) is 28.6 Å². The normalized spacial score (nSPS) is 40.8. The molecule has 8 nitrogen and oxygen atoms in total. The molecule has 0 aromatic heterocycles. The van der Waals surface area contributed by atoms with E-state index in [1.54, 1.807) is 6.92 Å². The van der Waals surface area contributed by atoms with Gasteiger partial charge in [0, 0.05) is 5.41 Å². The summed E-state index contributed by atoms with van der Waals surface area (Å²) in [5.41, 5.74) is 0.781. The molecular formula is C25H36N2O6. The van der Waals surface area contributed by atoms with E-state index in [0.717, 1.165) is 50.7 Å². The third kappa shape index (κ3) is 3.90. The minimum Gasteiger partial charge on any atom is -0.480 e. The van der Waals surface area contributed by atoms with E-state index in [4.69, 9.17) is 9.94 Å². The third-order valence-corrected chi connectivity index (χ3v) is 9.53. The van der Waals surface area contributed by atoms with Gasteiger partial charge < -0.3 is 20.4 Å². The van der Waals surface area contributed by atoms with Gasteiger partial charge in [0.25, 0.3) is 5.91 Å². The Bertz CT molecular complexity index is 913. The SMILES string of the molecule is CC(=O)C1(O)CCC2C3CCC4=C/C(=N/OCC(=O)NCC(=O)O)CCC4(C)C3CCC21C. The molecule has 4 aliphatic rings. The number of nitrogens with one attached hydrogen (secondary N) is 1. The molecule has 0 spiro atoms. The summed E-state index contributed by atoms with van der Waals surface area (Å²) in [5, 5.41) is 26.3. The molecule has 1 amide bonds. The first-order valence-electron chi connectivity index (χ1n) is 12.1. The summed E-state index contributed by atoms with van der Waals surface area (Å²) < 4.78 is 0. The van der Waals surface area contributed by atoms with E-state index in [1.165, 1.54) is 5.57 Å². The highest BCUT2D eigenvalue weighted by Gasteiger charge is 2.65. The van der Waals surface area contributed by atoms with Crippen molar-refractivity contribution in [1.82, 2.24) is 5.32 Å². The number of carbonyl (C=O) groups is 3. The maximum Gasteiger partial charge on any atom is 0.322 e. The maximum absolute atomic E-state index is 12.4. The Kier molecular flexibility index (Phi) is 6.18. The number of nitrogens with zero attached hydrogens (tertiary/aromatic N) is 1. The number of Topliss-reactive ketones (excluding diaryl/α,β-unsaturated/α-hetero) is 1. The fraction of sp³-hybridized carbons (Fsp3) is 0.760. The molecule has 3 fully saturated rings. The zero-order valence-corrected chi connectivity index (χ0v) is 19.9. The highest BCUT2D eigenvalue weighted by Crippen LogP contribution is 2.67. The lowest BCUT2D eigenvalue weighted by molar-refractivity contribution is -0.159. The molecule has 0 heterocycles. The Hall–Kier alpha value is -2.22. The molecule has 0 aromatic carbocycles. The Balaban J connectivity index is 1.45. The number of aliphatic carboxylic acids is 1. The first kappa shape index (κ1) is 23.9. The van der Waals surface area contributed by atoms with E-state index in [-0.39, 0.29) is 23.2 Å². The largest absolute Gasteiger partial charge is 0.480 e. The number of aliphatic hydroxyl groups is 1. The minimum absolute atomic E-state index is 0.0799. The van der Waals surface area contributed by atoms with E-state index >= 15 is 0 Å².